The van der Waals surface area contributed by atoms with Gasteiger partial charge in [0.05, 0.1) is 5.75 Å². The third-order valence-corrected chi connectivity index (χ3v) is 5.94. The first-order valence-electron chi connectivity index (χ1n) is 8.88. The maximum Gasteiger partial charge on any atom is 0.326 e. The first-order valence-corrected chi connectivity index (χ1v) is 10.7. The van der Waals surface area contributed by atoms with Crippen LogP contribution in [0.5, 0.6) is 0 Å². The molecule has 0 aliphatic carbocycles. The van der Waals surface area contributed by atoms with Crippen LogP contribution in [0, 0.1) is 0 Å². The Labute approximate surface area is 164 Å². The Morgan fingerprint density at radius 2 is 1.61 bits per heavy atom. The highest BCUT2D eigenvalue weighted by Gasteiger charge is 2.24. The van der Waals surface area contributed by atoms with Gasteiger partial charge in [-0.2, -0.15) is 0 Å². The average Bonchev–Trinajstić information content (AvgIpc) is 2.70. The number of amides is 1. The van der Waals surface area contributed by atoms with Gasteiger partial charge in [0.1, 0.15) is 15.9 Å². The quantitative estimate of drug-likeness (QED) is 0.497. The van der Waals surface area contributed by atoms with Crippen molar-refractivity contribution in [3.05, 3.63) is 71.8 Å². The summed E-state index contributed by atoms with van der Waals surface area (Å²) in [5.41, 5.74) is 1.72. The molecule has 0 bridgehead atoms. The minimum Gasteiger partial charge on any atom is -0.480 e. The van der Waals surface area contributed by atoms with E-state index in [9.17, 15) is 23.1 Å². The number of carbonyl (C=O) groups excluding carboxylic acids is 1. The van der Waals surface area contributed by atoms with Gasteiger partial charge < -0.3 is 10.4 Å². The monoisotopic (exact) mass is 401 g/mol. The summed E-state index contributed by atoms with van der Waals surface area (Å²) in [5.74, 6) is -2.22. The van der Waals surface area contributed by atoms with Crippen LogP contribution in [0.2, 0.25) is 0 Å². The molecule has 0 aliphatic heterocycles. The molecule has 0 aromatic heterocycles. The van der Waals surface area contributed by atoms with Crippen molar-refractivity contribution in [3.8, 4) is 0 Å². The van der Waals surface area contributed by atoms with E-state index in [0.29, 0.717) is 11.1 Å². The number of hydrogen-bond acceptors (Lipinski definition) is 4. The van der Waals surface area contributed by atoms with Crippen LogP contribution in [0.25, 0.3) is 11.6 Å². The highest BCUT2D eigenvalue weighted by atomic mass is 32.2. The molecule has 0 radical (unpaired) electrons. The molecule has 1 unspecified atom stereocenters. The summed E-state index contributed by atoms with van der Waals surface area (Å²) in [6.07, 6.45) is 1.48. The molecule has 7 heteroatoms. The molecule has 2 aromatic rings. The Kier molecular flexibility index (Phi) is 7.52. The normalized spacial score (nSPS) is 13.0. The van der Waals surface area contributed by atoms with Gasteiger partial charge in [-0.05, 0) is 23.6 Å². The molecule has 0 fully saturated rings. The molecule has 6 nitrogen and oxygen atoms in total. The molecule has 1 atom stereocenters. The van der Waals surface area contributed by atoms with Gasteiger partial charge in [-0.25, -0.2) is 13.2 Å². The van der Waals surface area contributed by atoms with Gasteiger partial charge in [0.15, 0.2) is 0 Å². The number of sulfone groups is 1. The summed E-state index contributed by atoms with van der Waals surface area (Å²) in [5, 5.41) is 11.9. The van der Waals surface area contributed by atoms with Gasteiger partial charge in [-0.15, -0.1) is 0 Å². The van der Waals surface area contributed by atoms with Gasteiger partial charge in [-0.3, -0.25) is 4.79 Å². The number of carboxylic acids is 1. The average molecular weight is 401 g/mol. The fraction of sp³-hybridized carbons (Fsp3) is 0.238. The number of aliphatic carboxylic acids is 1. The first kappa shape index (κ1) is 21.4. The second-order valence-corrected chi connectivity index (χ2v) is 8.70. The standard InChI is InChI=1S/C21H23NO5S/c1-2-28(26,27)14-13-19(21(24)25)22-20(23)18(17-11-7-4-8-12-17)15-16-9-5-3-6-10-16/h3-12,15,19H,2,13-14H2,1H3,(H,22,23)(H,24,25)/b18-15-. The Hall–Kier alpha value is -2.93. The van der Waals surface area contributed by atoms with E-state index >= 15 is 0 Å². The van der Waals surface area contributed by atoms with Gasteiger partial charge in [-0.1, -0.05) is 67.6 Å². The van der Waals surface area contributed by atoms with Crippen LogP contribution in [-0.2, 0) is 19.4 Å². The smallest absolute Gasteiger partial charge is 0.326 e. The SMILES string of the molecule is CCS(=O)(=O)CCC(NC(=O)/C(=C\c1ccccc1)c1ccccc1)C(=O)O. The van der Waals surface area contributed by atoms with Crippen molar-refractivity contribution in [1.29, 1.82) is 0 Å². The van der Waals surface area contributed by atoms with E-state index in [4.69, 9.17) is 0 Å². The van der Waals surface area contributed by atoms with Crippen molar-refractivity contribution < 1.29 is 23.1 Å². The molecule has 0 heterocycles. The number of hydrogen-bond donors (Lipinski definition) is 2. The molecule has 2 rings (SSSR count). The highest BCUT2D eigenvalue weighted by molar-refractivity contribution is 7.91. The third-order valence-electron chi connectivity index (χ3n) is 4.20. The summed E-state index contributed by atoms with van der Waals surface area (Å²) in [4.78, 5) is 24.4. The molecule has 28 heavy (non-hydrogen) atoms. The Morgan fingerprint density at radius 3 is 2.14 bits per heavy atom. The van der Waals surface area contributed by atoms with E-state index in [1.807, 2.05) is 36.4 Å². The lowest BCUT2D eigenvalue weighted by atomic mass is 10.0. The molecular weight excluding hydrogens is 378 g/mol. The van der Waals surface area contributed by atoms with E-state index < -0.39 is 27.8 Å². The van der Waals surface area contributed by atoms with Crippen LogP contribution in [0.3, 0.4) is 0 Å². The lowest BCUT2D eigenvalue weighted by Gasteiger charge is -2.16. The van der Waals surface area contributed by atoms with Crippen molar-refractivity contribution in [2.75, 3.05) is 11.5 Å². The third kappa shape index (κ3) is 6.35. The van der Waals surface area contributed by atoms with Gasteiger partial charge in [0.2, 0.25) is 0 Å². The second-order valence-electron chi connectivity index (χ2n) is 6.22. The van der Waals surface area contributed by atoms with Crippen LogP contribution in [0.4, 0.5) is 0 Å². The zero-order valence-electron chi connectivity index (χ0n) is 15.5. The Morgan fingerprint density at radius 1 is 1.04 bits per heavy atom. The minimum absolute atomic E-state index is 0.0730. The van der Waals surface area contributed by atoms with E-state index in [-0.39, 0.29) is 17.9 Å². The van der Waals surface area contributed by atoms with Crippen molar-refractivity contribution in [2.45, 2.75) is 19.4 Å². The molecule has 2 N–H and O–H groups in total. The number of carbonyl (C=O) groups is 2. The number of carboxylic acid groups (broad SMARTS) is 1. The van der Waals surface area contributed by atoms with Crippen LogP contribution in [0.1, 0.15) is 24.5 Å². The fourth-order valence-electron chi connectivity index (χ4n) is 2.55. The second kappa shape index (κ2) is 9.85. The number of rotatable bonds is 9. The molecule has 0 spiro atoms. The summed E-state index contributed by atoms with van der Waals surface area (Å²) < 4.78 is 23.4. The maximum absolute atomic E-state index is 12.9. The van der Waals surface area contributed by atoms with Crippen LogP contribution in [0.15, 0.2) is 60.7 Å². The topological polar surface area (TPSA) is 101 Å². The van der Waals surface area contributed by atoms with Crippen molar-refractivity contribution >= 4 is 33.4 Å². The lowest BCUT2D eigenvalue weighted by molar-refractivity contribution is -0.141. The zero-order chi connectivity index (χ0) is 20.6. The van der Waals surface area contributed by atoms with E-state index in [1.165, 1.54) is 6.92 Å². The van der Waals surface area contributed by atoms with Crippen LogP contribution < -0.4 is 5.32 Å². The van der Waals surface area contributed by atoms with Gasteiger partial charge in [0.25, 0.3) is 5.91 Å². The van der Waals surface area contributed by atoms with E-state index in [1.54, 1.807) is 30.3 Å². The van der Waals surface area contributed by atoms with Crippen molar-refractivity contribution in [1.82, 2.24) is 5.32 Å². The molecule has 148 valence electrons. The van der Waals surface area contributed by atoms with Gasteiger partial charge >= 0.3 is 5.97 Å². The minimum atomic E-state index is -3.33. The van der Waals surface area contributed by atoms with E-state index in [0.717, 1.165) is 5.56 Å². The predicted molar refractivity (Wildman–Crippen MR) is 109 cm³/mol. The fourth-order valence-corrected chi connectivity index (χ4v) is 3.43. The number of nitrogens with one attached hydrogen (secondary N) is 1. The molecular formula is C21H23NO5S. The molecule has 0 saturated carbocycles. The Bertz CT molecular complexity index is 937. The molecule has 0 aliphatic rings. The summed E-state index contributed by atoms with van der Waals surface area (Å²) in [6, 6.07) is 16.8. The first-order chi connectivity index (χ1) is 13.3. The van der Waals surface area contributed by atoms with Crippen LogP contribution in [-0.4, -0.2) is 42.9 Å². The highest BCUT2D eigenvalue weighted by Crippen LogP contribution is 2.19. The molecule has 1 amide bonds. The zero-order valence-corrected chi connectivity index (χ0v) is 16.4. The maximum atomic E-state index is 12.9. The van der Waals surface area contributed by atoms with E-state index in [2.05, 4.69) is 5.32 Å². The predicted octanol–water partition coefficient (Wildman–Crippen LogP) is 2.62. The molecule has 0 saturated heterocycles. The largest absolute Gasteiger partial charge is 0.480 e. The van der Waals surface area contributed by atoms with Crippen molar-refractivity contribution in [3.63, 3.8) is 0 Å². The summed E-state index contributed by atoms with van der Waals surface area (Å²) >= 11 is 0. The Balaban J connectivity index is 2.28. The molecule has 2 aromatic carbocycles. The summed E-state index contributed by atoms with van der Waals surface area (Å²) in [7, 11) is -3.33. The van der Waals surface area contributed by atoms with Crippen molar-refractivity contribution in [2.24, 2.45) is 0 Å². The summed E-state index contributed by atoms with van der Waals surface area (Å²) in [6.45, 7) is 1.50. The van der Waals surface area contributed by atoms with Gasteiger partial charge in [0, 0.05) is 11.3 Å². The number of benzene rings is 2. The van der Waals surface area contributed by atoms with Crippen LogP contribution >= 0.6 is 0 Å². The lowest BCUT2D eigenvalue weighted by Crippen LogP contribution is -2.42.